The van der Waals surface area contributed by atoms with Gasteiger partial charge in [0.05, 0.1) is 19.8 Å². The van der Waals surface area contributed by atoms with E-state index in [4.69, 9.17) is 9.47 Å². The highest BCUT2D eigenvalue weighted by Gasteiger charge is 2.44. The molecule has 0 saturated carbocycles. The Morgan fingerprint density at radius 3 is 2.83 bits per heavy atom. The smallest absolute Gasteiger partial charge is 0.276 e. The van der Waals surface area contributed by atoms with Crippen LogP contribution in [0.25, 0.3) is 0 Å². The second kappa shape index (κ2) is 4.30. The van der Waals surface area contributed by atoms with Crippen molar-refractivity contribution in [2.75, 3.05) is 26.3 Å². The highest BCUT2D eigenvalue weighted by Crippen LogP contribution is 2.32. The van der Waals surface area contributed by atoms with Gasteiger partial charge in [0, 0.05) is 25.4 Å². The number of imidazole rings is 1. The molecule has 7 nitrogen and oxygen atoms in total. The zero-order chi connectivity index (χ0) is 12.6. The molecule has 0 aromatic carbocycles. The fourth-order valence-corrected chi connectivity index (χ4v) is 3.80. The molecule has 0 aliphatic carbocycles. The Balaban J connectivity index is 1.84. The lowest BCUT2D eigenvalue weighted by atomic mass is 10.1. The summed E-state index contributed by atoms with van der Waals surface area (Å²) in [4.78, 5) is 6.44. The highest BCUT2D eigenvalue weighted by molar-refractivity contribution is 7.88. The monoisotopic (exact) mass is 273 g/mol. The maximum absolute atomic E-state index is 12.3. The van der Waals surface area contributed by atoms with E-state index in [1.54, 1.807) is 0 Å². The van der Waals surface area contributed by atoms with Gasteiger partial charge in [-0.05, 0) is 6.42 Å². The summed E-state index contributed by atoms with van der Waals surface area (Å²) < 4.78 is 37.1. The van der Waals surface area contributed by atoms with Crippen LogP contribution in [0.4, 0.5) is 0 Å². The predicted octanol–water partition coefficient (Wildman–Crippen LogP) is -0.0627. The van der Waals surface area contributed by atoms with E-state index < -0.39 is 15.8 Å². The molecule has 2 fully saturated rings. The van der Waals surface area contributed by atoms with E-state index in [1.807, 2.05) is 0 Å². The van der Waals surface area contributed by atoms with Crippen molar-refractivity contribution in [2.45, 2.75) is 23.8 Å². The number of nitrogens with one attached hydrogen (secondary N) is 1. The molecule has 1 aromatic heterocycles. The van der Waals surface area contributed by atoms with E-state index in [-0.39, 0.29) is 11.7 Å². The zero-order valence-corrected chi connectivity index (χ0v) is 10.6. The van der Waals surface area contributed by atoms with Gasteiger partial charge in [0.15, 0.2) is 5.79 Å². The van der Waals surface area contributed by atoms with E-state index in [0.717, 1.165) is 12.8 Å². The molecule has 1 aromatic rings. The molecule has 100 valence electrons. The first-order chi connectivity index (χ1) is 8.62. The number of rotatable bonds is 2. The summed E-state index contributed by atoms with van der Waals surface area (Å²) in [5, 5.41) is -0.0300. The van der Waals surface area contributed by atoms with Crippen LogP contribution in [0, 0.1) is 0 Å². The van der Waals surface area contributed by atoms with Crippen LogP contribution in [0.5, 0.6) is 0 Å². The van der Waals surface area contributed by atoms with Gasteiger partial charge in [-0.1, -0.05) is 0 Å². The summed E-state index contributed by atoms with van der Waals surface area (Å²) in [5.74, 6) is -0.752. The van der Waals surface area contributed by atoms with Gasteiger partial charge in [0.1, 0.15) is 0 Å². The lowest BCUT2D eigenvalue weighted by Crippen LogP contribution is -2.51. The van der Waals surface area contributed by atoms with Gasteiger partial charge in [-0.2, -0.15) is 4.31 Å². The van der Waals surface area contributed by atoms with Crippen molar-refractivity contribution in [1.82, 2.24) is 14.3 Å². The summed E-state index contributed by atoms with van der Waals surface area (Å²) in [5.41, 5.74) is 0. The average Bonchev–Trinajstić information content (AvgIpc) is 3.01. The van der Waals surface area contributed by atoms with Crippen LogP contribution in [-0.4, -0.2) is 54.8 Å². The first-order valence-electron chi connectivity index (χ1n) is 5.90. The molecule has 0 radical (unpaired) electrons. The SMILES string of the molecule is O=S(=O)(c1ncc[nH]1)N1CCCC2(C1)OCCO2. The van der Waals surface area contributed by atoms with Crippen molar-refractivity contribution in [2.24, 2.45) is 0 Å². The normalized spacial score (nSPS) is 24.7. The molecule has 0 amide bonds. The summed E-state index contributed by atoms with van der Waals surface area (Å²) in [6.07, 6.45) is 4.38. The predicted molar refractivity (Wildman–Crippen MR) is 61.2 cm³/mol. The standard InChI is InChI=1S/C10H15N3O4S/c14-18(15,9-11-3-4-12-9)13-5-1-2-10(8-13)16-6-7-17-10/h3-4H,1-2,5-8H2,(H,11,12). The molecule has 3 heterocycles. The number of H-pyrrole nitrogens is 1. The Kier molecular flexibility index (Phi) is 2.89. The first-order valence-corrected chi connectivity index (χ1v) is 7.34. The molecule has 0 bridgehead atoms. The zero-order valence-electron chi connectivity index (χ0n) is 9.83. The van der Waals surface area contributed by atoms with E-state index in [9.17, 15) is 8.42 Å². The summed E-state index contributed by atoms with van der Waals surface area (Å²) in [6.45, 7) is 1.75. The molecule has 3 rings (SSSR count). The van der Waals surface area contributed by atoms with Crippen LogP contribution in [0.3, 0.4) is 0 Å². The molecule has 2 aliphatic heterocycles. The van der Waals surface area contributed by atoms with Crippen molar-refractivity contribution in [3.63, 3.8) is 0 Å². The molecule has 2 aliphatic rings. The van der Waals surface area contributed by atoms with Gasteiger partial charge in [-0.15, -0.1) is 0 Å². The third kappa shape index (κ3) is 1.95. The molecule has 8 heteroatoms. The van der Waals surface area contributed by atoms with Crippen LogP contribution in [0.15, 0.2) is 17.6 Å². The number of aromatic amines is 1. The Morgan fingerprint density at radius 2 is 2.17 bits per heavy atom. The maximum Gasteiger partial charge on any atom is 0.276 e. The lowest BCUT2D eigenvalue weighted by Gasteiger charge is -2.37. The number of hydrogen-bond donors (Lipinski definition) is 1. The second-order valence-corrected chi connectivity index (χ2v) is 6.30. The molecule has 0 unspecified atom stereocenters. The Labute approximate surface area is 105 Å². The van der Waals surface area contributed by atoms with Crippen LogP contribution >= 0.6 is 0 Å². The van der Waals surface area contributed by atoms with Gasteiger partial charge >= 0.3 is 0 Å². The van der Waals surface area contributed by atoms with E-state index in [1.165, 1.54) is 16.7 Å². The highest BCUT2D eigenvalue weighted by atomic mass is 32.2. The number of ether oxygens (including phenoxy) is 2. The number of nitrogens with zero attached hydrogens (tertiary/aromatic N) is 2. The fourth-order valence-electron chi connectivity index (χ4n) is 2.40. The van der Waals surface area contributed by atoms with Crippen molar-refractivity contribution in [3.05, 3.63) is 12.4 Å². The molecule has 0 atom stereocenters. The van der Waals surface area contributed by atoms with Crippen molar-refractivity contribution in [1.29, 1.82) is 0 Å². The number of piperidine rings is 1. The minimum atomic E-state index is -3.58. The topological polar surface area (TPSA) is 84.5 Å². The molecule has 1 N–H and O–H groups in total. The number of hydrogen-bond acceptors (Lipinski definition) is 5. The Hall–Kier alpha value is -0.960. The van der Waals surface area contributed by atoms with Crippen LogP contribution < -0.4 is 0 Å². The fraction of sp³-hybridized carbons (Fsp3) is 0.700. The number of sulfonamides is 1. The largest absolute Gasteiger partial charge is 0.346 e. The lowest BCUT2D eigenvalue weighted by molar-refractivity contribution is -0.179. The minimum Gasteiger partial charge on any atom is -0.346 e. The average molecular weight is 273 g/mol. The third-order valence-corrected chi connectivity index (χ3v) is 4.96. The summed E-state index contributed by atoms with van der Waals surface area (Å²) in [6, 6.07) is 0. The molecule has 18 heavy (non-hydrogen) atoms. The van der Waals surface area contributed by atoms with Crippen LogP contribution in [0.1, 0.15) is 12.8 Å². The summed E-state index contributed by atoms with van der Waals surface area (Å²) >= 11 is 0. The maximum atomic E-state index is 12.3. The van der Waals surface area contributed by atoms with Crippen LogP contribution in [0.2, 0.25) is 0 Å². The van der Waals surface area contributed by atoms with Gasteiger partial charge < -0.3 is 14.5 Å². The molecule has 1 spiro atoms. The Morgan fingerprint density at radius 1 is 1.39 bits per heavy atom. The number of aromatic nitrogens is 2. The van der Waals surface area contributed by atoms with Crippen molar-refractivity contribution in [3.8, 4) is 0 Å². The quantitative estimate of drug-likeness (QED) is 0.816. The molecule has 2 saturated heterocycles. The Bertz CT molecular complexity index is 507. The van der Waals surface area contributed by atoms with Gasteiger partial charge in [-0.3, -0.25) is 0 Å². The van der Waals surface area contributed by atoms with E-state index in [2.05, 4.69) is 9.97 Å². The molecular formula is C10H15N3O4S. The van der Waals surface area contributed by atoms with Gasteiger partial charge in [-0.25, -0.2) is 13.4 Å². The van der Waals surface area contributed by atoms with Crippen molar-refractivity contribution >= 4 is 10.0 Å². The molecular weight excluding hydrogens is 258 g/mol. The van der Waals surface area contributed by atoms with E-state index in [0.29, 0.717) is 19.8 Å². The first kappa shape index (κ1) is 12.1. The van der Waals surface area contributed by atoms with Crippen LogP contribution in [-0.2, 0) is 19.5 Å². The third-order valence-electron chi connectivity index (χ3n) is 3.25. The van der Waals surface area contributed by atoms with Crippen molar-refractivity contribution < 1.29 is 17.9 Å². The van der Waals surface area contributed by atoms with E-state index >= 15 is 0 Å². The summed E-state index contributed by atoms with van der Waals surface area (Å²) in [7, 11) is -3.58. The minimum absolute atomic E-state index is 0.0300. The second-order valence-electron chi connectivity index (χ2n) is 4.44. The van der Waals surface area contributed by atoms with Gasteiger partial charge in [0.2, 0.25) is 5.16 Å². The van der Waals surface area contributed by atoms with Gasteiger partial charge in [0.25, 0.3) is 10.0 Å².